The van der Waals surface area contributed by atoms with Crippen LogP contribution in [0.3, 0.4) is 0 Å². The van der Waals surface area contributed by atoms with Gasteiger partial charge in [-0.25, -0.2) is 0 Å². The smallest absolute Gasteiger partial charge is 0.0586 e. The van der Waals surface area contributed by atoms with Crippen molar-refractivity contribution >= 4 is 11.8 Å². The van der Waals surface area contributed by atoms with E-state index in [2.05, 4.69) is 31.4 Å². The van der Waals surface area contributed by atoms with Gasteiger partial charge in [0, 0.05) is 0 Å². The van der Waals surface area contributed by atoms with E-state index in [1.54, 1.807) is 0 Å². The average Bonchev–Trinajstić information content (AvgIpc) is 2.16. The molecule has 1 saturated heterocycles. The van der Waals surface area contributed by atoms with E-state index < -0.39 is 0 Å². The third kappa shape index (κ3) is 2.64. The SMILES string of the molecule is CCC1NC(CC)SC(CC)N1. The minimum absolute atomic E-state index is 0.529. The van der Waals surface area contributed by atoms with Gasteiger partial charge in [-0.05, 0) is 19.3 Å². The highest BCUT2D eigenvalue weighted by molar-refractivity contribution is 8.00. The lowest BCUT2D eigenvalue weighted by Gasteiger charge is -2.36. The van der Waals surface area contributed by atoms with E-state index in [-0.39, 0.29) is 0 Å². The summed E-state index contributed by atoms with van der Waals surface area (Å²) in [5, 5.41) is 8.45. The molecule has 1 fully saturated rings. The topological polar surface area (TPSA) is 24.1 Å². The summed E-state index contributed by atoms with van der Waals surface area (Å²) < 4.78 is 0. The zero-order chi connectivity index (χ0) is 8.97. The Morgan fingerprint density at radius 1 is 0.917 bits per heavy atom. The Morgan fingerprint density at radius 2 is 1.42 bits per heavy atom. The molecule has 0 radical (unpaired) electrons. The number of nitrogens with one attached hydrogen (secondary N) is 2. The molecule has 2 N–H and O–H groups in total. The summed E-state index contributed by atoms with van der Waals surface area (Å²) in [4.78, 5) is 0. The van der Waals surface area contributed by atoms with E-state index in [9.17, 15) is 0 Å². The highest BCUT2D eigenvalue weighted by Crippen LogP contribution is 2.24. The van der Waals surface area contributed by atoms with Gasteiger partial charge in [-0.15, -0.1) is 11.8 Å². The highest BCUT2D eigenvalue weighted by Gasteiger charge is 2.24. The van der Waals surface area contributed by atoms with Crippen LogP contribution in [0.5, 0.6) is 0 Å². The molecule has 72 valence electrons. The molecular formula is C9H20N2S. The van der Waals surface area contributed by atoms with E-state index in [0.29, 0.717) is 16.9 Å². The molecule has 12 heavy (non-hydrogen) atoms. The number of hydrogen-bond donors (Lipinski definition) is 2. The minimum Gasteiger partial charge on any atom is -0.290 e. The van der Waals surface area contributed by atoms with Gasteiger partial charge in [0.05, 0.1) is 16.9 Å². The van der Waals surface area contributed by atoms with Crippen molar-refractivity contribution < 1.29 is 0 Å². The van der Waals surface area contributed by atoms with Crippen molar-refractivity contribution in [3.8, 4) is 0 Å². The second kappa shape index (κ2) is 5.10. The van der Waals surface area contributed by atoms with Gasteiger partial charge in [0.1, 0.15) is 0 Å². The molecule has 0 saturated carbocycles. The van der Waals surface area contributed by atoms with Crippen LogP contribution in [0.25, 0.3) is 0 Å². The van der Waals surface area contributed by atoms with E-state index in [1.807, 2.05) is 11.8 Å². The molecule has 1 heterocycles. The van der Waals surface area contributed by atoms with Crippen LogP contribution in [-0.2, 0) is 0 Å². The van der Waals surface area contributed by atoms with E-state index >= 15 is 0 Å². The zero-order valence-electron chi connectivity index (χ0n) is 8.26. The summed E-state index contributed by atoms with van der Waals surface area (Å²) in [7, 11) is 0. The second-order valence-electron chi connectivity index (χ2n) is 3.22. The summed E-state index contributed by atoms with van der Waals surface area (Å²) in [5.41, 5.74) is 0. The molecule has 0 aromatic heterocycles. The quantitative estimate of drug-likeness (QED) is 0.709. The molecule has 2 unspecified atom stereocenters. The largest absolute Gasteiger partial charge is 0.290 e. The molecular weight excluding hydrogens is 168 g/mol. The molecule has 1 aliphatic rings. The van der Waals surface area contributed by atoms with Gasteiger partial charge in [0.2, 0.25) is 0 Å². The Balaban J connectivity index is 2.41. The van der Waals surface area contributed by atoms with E-state index in [4.69, 9.17) is 0 Å². The molecule has 2 nitrogen and oxygen atoms in total. The van der Waals surface area contributed by atoms with Gasteiger partial charge < -0.3 is 0 Å². The molecule has 0 amide bonds. The molecule has 1 rings (SSSR count). The predicted octanol–water partition coefficient (Wildman–Crippen LogP) is 2.12. The first-order chi connectivity index (χ1) is 5.80. The van der Waals surface area contributed by atoms with Crippen LogP contribution in [0, 0.1) is 0 Å². The summed E-state index contributed by atoms with van der Waals surface area (Å²) in [6, 6.07) is 0. The Hall–Kier alpha value is 0.270. The Morgan fingerprint density at radius 3 is 1.75 bits per heavy atom. The monoisotopic (exact) mass is 188 g/mol. The first kappa shape index (κ1) is 10.4. The van der Waals surface area contributed by atoms with Crippen molar-refractivity contribution in [3.63, 3.8) is 0 Å². The van der Waals surface area contributed by atoms with Gasteiger partial charge in [-0.1, -0.05) is 20.8 Å². The zero-order valence-corrected chi connectivity index (χ0v) is 9.08. The number of hydrogen-bond acceptors (Lipinski definition) is 3. The molecule has 0 spiro atoms. The summed E-state index contributed by atoms with van der Waals surface area (Å²) in [6.07, 6.45) is 4.15. The van der Waals surface area contributed by atoms with Gasteiger partial charge >= 0.3 is 0 Å². The number of thioether (sulfide) groups is 1. The maximum Gasteiger partial charge on any atom is 0.0586 e. The van der Waals surface area contributed by atoms with Crippen LogP contribution in [0.1, 0.15) is 40.0 Å². The average molecular weight is 188 g/mol. The first-order valence-electron chi connectivity index (χ1n) is 4.97. The Bertz CT molecular complexity index is 99.9. The number of rotatable bonds is 3. The van der Waals surface area contributed by atoms with Crippen molar-refractivity contribution in [2.45, 2.75) is 56.9 Å². The van der Waals surface area contributed by atoms with Crippen LogP contribution < -0.4 is 10.6 Å². The fourth-order valence-corrected chi connectivity index (χ4v) is 2.70. The molecule has 0 aromatic carbocycles. The fraction of sp³-hybridized carbons (Fsp3) is 1.00. The van der Waals surface area contributed by atoms with Crippen molar-refractivity contribution in [2.75, 3.05) is 0 Å². The van der Waals surface area contributed by atoms with E-state index in [1.165, 1.54) is 19.3 Å². The van der Waals surface area contributed by atoms with Crippen molar-refractivity contribution in [3.05, 3.63) is 0 Å². The van der Waals surface area contributed by atoms with Gasteiger partial charge in [0.15, 0.2) is 0 Å². The summed E-state index contributed by atoms with van der Waals surface area (Å²) in [6.45, 7) is 6.71. The van der Waals surface area contributed by atoms with Crippen LogP contribution in [0.15, 0.2) is 0 Å². The lowest BCUT2D eigenvalue weighted by molar-refractivity contribution is 0.368. The van der Waals surface area contributed by atoms with Crippen molar-refractivity contribution in [1.82, 2.24) is 10.6 Å². The molecule has 0 aliphatic carbocycles. The first-order valence-corrected chi connectivity index (χ1v) is 5.91. The maximum atomic E-state index is 3.57. The molecule has 1 aliphatic heterocycles. The van der Waals surface area contributed by atoms with Crippen LogP contribution in [0.2, 0.25) is 0 Å². The van der Waals surface area contributed by atoms with Crippen LogP contribution >= 0.6 is 11.8 Å². The standard InChI is InChI=1S/C9H20N2S/c1-4-7-10-8(5-2)12-9(6-3)11-7/h7-11H,4-6H2,1-3H3. The second-order valence-corrected chi connectivity index (χ2v) is 4.63. The third-order valence-electron chi connectivity index (χ3n) is 2.25. The van der Waals surface area contributed by atoms with Crippen LogP contribution in [0.4, 0.5) is 0 Å². The minimum atomic E-state index is 0.529. The maximum absolute atomic E-state index is 3.57. The third-order valence-corrected chi connectivity index (χ3v) is 3.85. The Kier molecular flexibility index (Phi) is 4.40. The van der Waals surface area contributed by atoms with Gasteiger partial charge in [-0.3, -0.25) is 10.6 Å². The molecule has 0 aromatic rings. The van der Waals surface area contributed by atoms with Crippen LogP contribution in [-0.4, -0.2) is 16.9 Å². The summed E-state index contributed by atoms with van der Waals surface area (Å²) >= 11 is 2.03. The normalized spacial score (nSPS) is 36.8. The lowest BCUT2D eigenvalue weighted by Crippen LogP contribution is -2.54. The molecule has 0 bridgehead atoms. The molecule has 3 heteroatoms. The Labute approximate surface area is 79.9 Å². The predicted molar refractivity (Wildman–Crippen MR) is 56.1 cm³/mol. The fourth-order valence-electron chi connectivity index (χ4n) is 1.44. The summed E-state index contributed by atoms with van der Waals surface area (Å²) in [5.74, 6) is 0. The lowest BCUT2D eigenvalue weighted by atomic mass is 10.3. The molecule has 2 atom stereocenters. The van der Waals surface area contributed by atoms with Gasteiger partial charge in [0.25, 0.3) is 0 Å². The highest BCUT2D eigenvalue weighted by atomic mass is 32.2. The van der Waals surface area contributed by atoms with E-state index in [0.717, 1.165) is 0 Å². The van der Waals surface area contributed by atoms with Crippen molar-refractivity contribution in [1.29, 1.82) is 0 Å². The van der Waals surface area contributed by atoms with Gasteiger partial charge in [-0.2, -0.15) is 0 Å². The van der Waals surface area contributed by atoms with Crippen molar-refractivity contribution in [2.24, 2.45) is 0 Å².